The lowest BCUT2D eigenvalue weighted by Crippen LogP contribution is -2.27. The van der Waals surface area contributed by atoms with Gasteiger partial charge in [0.25, 0.3) is 5.91 Å². The number of amides is 2. The summed E-state index contributed by atoms with van der Waals surface area (Å²) < 4.78 is 0. The largest absolute Gasteiger partial charge is 0.355 e. The lowest BCUT2D eigenvalue weighted by molar-refractivity contribution is -0.127. The molecule has 0 saturated carbocycles. The van der Waals surface area contributed by atoms with Gasteiger partial charge in [-0.25, -0.2) is 9.97 Å². The van der Waals surface area contributed by atoms with Crippen LogP contribution in [0.2, 0.25) is 0 Å². The van der Waals surface area contributed by atoms with Crippen LogP contribution >= 0.6 is 23.1 Å². The fourth-order valence-electron chi connectivity index (χ4n) is 2.77. The van der Waals surface area contributed by atoms with Crippen molar-refractivity contribution in [2.75, 3.05) is 19.8 Å². The van der Waals surface area contributed by atoms with Gasteiger partial charge in [-0.2, -0.15) is 0 Å². The first-order valence-corrected chi connectivity index (χ1v) is 10.6. The molecule has 0 aliphatic carbocycles. The third kappa shape index (κ3) is 4.34. The summed E-state index contributed by atoms with van der Waals surface area (Å²) in [5, 5.41) is 4.50. The second-order valence-corrected chi connectivity index (χ2v) is 8.62. The molecule has 0 spiro atoms. The van der Waals surface area contributed by atoms with Crippen molar-refractivity contribution in [1.29, 1.82) is 0 Å². The molecular weight excluding hydrogens is 392 g/mol. The number of carbonyl (C=O) groups is 2. The van der Waals surface area contributed by atoms with Crippen LogP contribution < -0.4 is 5.32 Å². The van der Waals surface area contributed by atoms with Crippen LogP contribution in [-0.4, -0.2) is 46.5 Å². The molecule has 1 N–H and O–H groups in total. The van der Waals surface area contributed by atoms with Crippen molar-refractivity contribution in [2.24, 2.45) is 0 Å². The zero-order valence-corrected chi connectivity index (χ0v) is 17.9. The third-order valence-electron chi connectivity index (χ3n) is 4.55. The second-order valence-electron chi connectivity index (χ2n) is 6.46. The highest BCUT2D eigenvalue weighted by atomic mass is 32.2. The van der Waals surface area contributed by atoms with E-state index >= 15 is 0 Å². The minimum Gasteiger partial charge on any atom is -0.355 e. The van der Waals surface area contributed by atoms with Crippen LogP contribution in [-0.2, 0) is 11.3 Å². The average molecular weight is 415 g/mol. The number of aryl methyl sites for hydroxylation is 2. The van der Waals surface area contributed by atoms with Crippen molar-refractivity contribution < 1.29 is 9.59 Å². The Morgan fingerprint density at radius 3 is 2.57 bits per heavy atom. The van der Waals surface area contributed by atoms with Gasteiger partial charge in [-0.05, 0) is 37.1 Å². The normalized spacial score (nSPS) is 10.9. The summed E-state index contributed by atoms with van der Waals surface area (Å²) in [6.45, 7) is 4.63. The molecule has 0 aliphatic rings. The summed E-state index contributed by atoms with van der Waals surface area (Å²) in [5.74, 6) is 0.215. The maximum absolute atomic E-state index is 12.6. The first-order chi connectivity index (χ1) is 13.4. The molecule has 1 aromatic carbocycles. The molecule has 0 radical (unpaired) electrons. The molecule has 3 rings (SSSR count). The first kappa shape index (κ1) is 20.3. The number of nitrogens with zero attached hydrogens (tertiary/aromatic N) is 3. The molecule has 6 nitrogen and oxygen atoms in total. The molecule has 0 bridgehead atoms. The van der Waals surface area contributed by atoms with Crippen LogP contribution in [0.5, 0.6) is 0 Å². The van der Waals surface area contributed by atoms with Gasteiger partial charge >= 0.3 is 0 Å². The van der Waals surface area contributed by atoms with Crippen molar-refractivity contribution in [1.82, 2.24) is 20.2 Å². The fraction of sp³-hybridized carbons (Fsp3) is 0.300. The standard InChI is InChI=1S/C20H22N4O2S2/c1-12-13(2)28-20-17(12)19(22-11-23-20)27-10-16(25)24(4)9-14-5-7-15(8-6-14)18(26)21-3/h5-8,11H,9-10H2,1-4H3,(H,21,26). The number of hydrogen-bond acceptors (Lipinski definition) is 6. The summed E-state index contributed by atoms with van der Waals surface area (Å²) >= 11 is 3.10. The summed E-state index contributed by atoms with van der Waals surface area (Å²) in [5.41, 5.74) is 2.76. The molecule has 0 saturated heterocycles. The van der Waals surface area contributed by atoms with Gasteiger partial charge < -0.3 is 10.2 Å². The van der Waals surface area contributed by atoms with E-state index in [1.807, 2.05) is 12.1 Å². The van der Waals surface area contributed by atoms with Crippen molar-refractivity contribution in [3.05, 3.63) is 52.2 Å². The maximum atomic E-state index is 12.6. The van der Waals surface area contributed by atoms with E-state index in [0.29, 0.717) is 17.9 Å². The Bertz CT molecular complexity index is 1010. The molecule has 0 atom stereocenters. The average Bonchev–Trinajstić information content (AvgIpc) is 3.00. The van der Waals surface area contributed by atoms with Crippen LogP contribution in [0.25, 0.3) is 10.2 Å². The van der Waals surface area contributed by atoms with E-state index in [-0.39, 0.29) is 11.8 Å². The number of fused-ring (bicyclic) bond motifs is 1. The number of aromatic nitrogens is 2. The summed E-state index contributed by atoms with van der Waals surface area (Å²) in [4.78, 5) is 36.8. The number of nitrogens with one attached hydrogen (secondary N) is 1. The van der Waals surface area contributed by atoms with Crippen LogP contribution in [0.1, 0.15) is 26.4 Å². The number of rotatable bonds is 6. The number of thiophene rings is 1. The number of hydrogen-bond donors (Lipinski definition) is 1. The maximum Gasteiger partial charge on any atom is 0.251 e. The van der Waals surface area contributed by atoms with Gasteiger partial charge in [0.15, 0.2) is 0 Å². The predicted molar refractivity (Wildman–Crippen MR) is 114 cm³/mol. The van der Waals surface area contributed by atoms with Crippen molar-refractivity contribution in [2.45, 2.75) is 25.4 Å². The molecular formula is C20H22N4O2S2. The molecule has 3 aromatic rings. The Labute approximate surface area is 172 Å². The number of benzene rings is 1. The van der Waals surface area contributed by atoms with Gasteiger partial charge in [0, 0.05) is 36.5 Å². The van der Waals surface area contributed by atoms with Crippen molar-refractivity contribution in [3.63, 3.8) is 0 Å². The third-order valence-corrected chi connectivity index (χ3v) is 6.64. The van der Waals surface area contributed by atoms with Crippen molar-refractivity contribution in [3.8, 4) is 0 Å². The summed E-state index contributed by atoms with van der Waals surface area (Å²) in [6, 6.07) is 7.26. The zero-order chi connectivity index (χ0) is 20.3. The Morgan fingerprint density at radius 2 is 1.89 bits per heavy atom. The van der Waals surface area contributed by atoms with Gasteiger partial charge in [-0.3, -0.25) is 9.59 Å². The molecule has 8 heteroatoms. The molecule has 0 fully saturated rings. The predicted octanol–water partition coefficient (Wildman–Crippen LogP) is 3.42. The molecule has 28 heavy (non-hydrogen) atoms. The van der Waals surface area contributed by atoms with Gasteiger partial charge in [0.1, 0.15) is 16.2 Å². The minimum atomic E-state index is -0.123. The van der Waals surface area contributed by atoms with Gasteiger partial charge in [-0.15, -0.1) is 11.3 Å². The highest BCUT2D eigenvalue weighted by molar-refractivity contribution is 8.00. The zero-order valence-electron chi connectivity index (χ0n) is 16.3. The van der Waals surface area contributed by atoms with E-state index in [9.17, 15) is 9.59 Å². The van der Waals surface area contributed by atoms with Gasteiger partial charge in [0.05, 0.1) is 5.75 Å². The van der Waals surface area contributed by atoms with E-state index in [1.165, 1.54) is 22.2 Å². The van der Waals surface area contributed by atoms with Crippen LogP contribution in [0.4, 0.5) is 0 Å². The van der Waals surface area contributed by atoms with E-state index in [2.05, 4.69) is 29.1 Å². The van der Waals surface area contributed by atoms with Gasteiger partial charge in [-0.1, -0.05) is 23.9 Å². The monoisotopic (exact) mass is 414 g/mol. The van der Waals surface area contributed by atoms with E-state index < -0.39 is 0 Å². The summed E-state index contributed by atoms with van der Waals surface area (Å²) in [6.07, 6.45) is 1.56. The van der Waals surface area contributed by atoms with Crippen LogP contribution in [0.3, 0.4) is 0 Å². The quantitative estimate of drug-likeness (QED) is 0.494. The second kappa shape index (κ2) is 8.70. The SMILES string of the molecule is CNC(=O)c1ccc(CN(C)C(=O)CSc2ncnc3sc(C)c(C)c23)cc1. The van der Waals surface area contributed by atoms with E-state index in [4.69, 9.17) is 0 Å². The molecule has 146 valence electrons. The minimum absolute atomic E-state index is 0.0248. The van der Waals surface area contributed by atoms with E-state index in [0.717, 1.165) is 20.8 Å². The van der Waals surface area contributed by atoms with Crippen molar-refractivity contribution >= 4 is 45.1 Å². The molecule has 0 aliphatic heterocycles. The number of carbonyl (C=O) groups excluding carboxylic acids is 2. The highest BCUT2D eigenvalue weighted by Crippen LogP contribution is 2.34. The van der Waals surface area contributed by atoms with Crippen LogP contribution in [0.15, 0.2) is 35.6 Å². The smallest absolute Gasteiger partial charge is 0.251 e. The lowest BCUT2D eigenvalue weighted by Gasteiger charge is -2.17. The number of thioether (sulfide) groups is 1. The highest BCUT2D eigenvalue weighted by Gasteiger charge is 2.15. The van der Waals surface area contributed by atoms with E-state index in [1.54, 1.807) is 48.8 Å². The van der Waals surface area contributed by atoms with Gasteiger partial charge in [0.2, 0.25) is 5.91 Å². The van der Waals surface area contributed by atoms with Crippen LogP contribution in [0, 0.1) is 13.8 Å². The molecule has 2 amide bonds. The Balaban J connectivity index is 1.63. The molecule has 2 heterocycles. The Morgan fingerprint density at radius 1 is 1.18 bits per heavy atom. The topological polar surface area (TPSA) is 75.2 Å². The summed E-state index contributed by atoms with van der Waals surface area (Å²) in [7, 11) is 3.38. The first-order valence-electron chi connectivity index (χ1n) is 8.79. The Kier molecular flexibility index (Phi) is 6.31. The molecule has 0 unspecified atom stereocenters. The molecule has 2 aromatic heterocycles. The lowest BCUT2D eigenvalue weighted by atomic mass is 10.1. The Hall–Kier alpha value is -2.45. The fourth-order valence-corrected chi connectivity index (χ4v) is 4.83.